The normalized spacial score (nSPS) is 14.4. The van der Waals surface area contributed by atoms with Gasteiger partial charge in [0.2, 0.25) is 5.91 Å². The zero-order valence-corrected chi connectivity index (χ0v) is 19.0. The van der Waals surface area contributed by atoms with Gasteiger partial charge in [-0.05, 0) is 43.9 Å². The van der Waals surface area contributed by atoms with Crippen molar-refractivity contribution >= 4 is 35.8 Å². The third kappa shape index (κ3) is 8.81. The number of nitrogens with zero attached hydrogens (tertiary/aromatic N) is 2. The molecule has 1 amide bonds. The summed E-state index contributed by atoms with van der Waals surface area (Å²) >= 11 is 0. The summed E-state index contributed by atoms with van der Waals surface area (Å²) in [5.41, 5.74) is 1.22. The number of rotatable bonds is 8. The molecule has 152 valence electrons. The minimum Gasteiger partial charge on any atom is -0.494 e. The van der Waals surface area contributed by atoms with Gasteiger partial charge in [-0.15, -0.1) is 24.0 Å². The van der Waals surface area contributed by atoms with Crippen molar-refractivity contribution in [3.63, 3.8) is 0 Å². The molecule has 0 radical (unpaired) electrons. The molecule has 0 heterocycles. The zero-order chi connectivity index (χ0) is 18.8. The fourth-order valence-corrected chi connectivity index (χ4v) is 2.99. The molecule has 0 atom stereocenters. The fraction of sp³-hybridized carbons (Fsp3) is 0.600. The number of carbonyl (C=O) groups is 1. The first kappa shape index (κ1) is 23.5. The van der Waals surface area contributed by atoms with Gasteiger partial charge in [-0.25, -0.2) is 4.99 Å². The van der Waals surface area contributed by atoms with E-state index in [0.29, 0.717) is 12.6 Å². The van der Waals surface area contributed by atoms with Crippen LogP contribution in [0.15, 0.2) is 29.3 Å². The van der Waals surface area contributed by atoms with E-state index >= 15 is 0 Å². The van der Waals surface area contributed by atoms with Crippen LogP contribution in [0.4, 0.5) is 0 Å². The lowest BCUT2D eigenvalue weighted by atomic mass is 10.1. The molecule has 2 rings (SSSR count). The summed E-state index contributed by atoms with van der Waals surface area (Å²) in [4.78, 5) is 17.9. The van der Waals surface area contributed by atoms with Gasteiger partial charge in [0.15, 0.2) is 5.96 Å². The van der Waals surface area contributed by atoms with Crippen LogP contribution in [0.3, 0.4) is 0 Å². The number of likely N-dealkylation sites (N-methyl/N-ethyl adjacent to an activating group) is 1. The summed E-state index contributed by atoms with van der Waals surface area (Å²) in [6, 6.07) is 8.61. The van der Waals surface area contributed by atoms with Crippen molar-refractivity contribution in [3.05, 3.63) is 29.8 Å². The molecule has 0 bridgehead atoms. The Morgan fingerprint density at radius 2 is 2.04 bits per heavy atom. The maximum Gasteiger partial charge on any atom is 0.243 e. The molecule has 1 aromatic rings. The van der Waals surface area contributed by atoms with Crippen molar-refractivity contribution in [2.75, 3.05) is 33.8 Å². The lowest BCUT2D eigenvalue weighted by Gasteiger charge is -2.18. The number of halogens is 1. The number of benzene rings is 1. The number of nitrogens with one attached hydrogen (secondary N) is 2. The Kier molecular flexibility index (Phi) is 11.2. The van der Waals surface area contributed by atoms with Crippen molar-refractivity contribution in [2.45, 2.75) is 45.1 Å². The average molecular weight is 488 g/mol. The van der Waals surface area contributed by atoms with Crippen molar-refractivity contribution < 1.29 is 9.53 Å². The molecule has 0 aromatic heterocycles. The topological polar surface area (TPSA) is 66.0 Å². The largest absolute Gasteiger partial charge is 0.494 e. The number of guanidine groups is 1. The number of carbonyl (C=O) groups excluding carboxylic acids is 1. The molecule has 27 heavy (non-hydrogen) atoms. The van der Waals surface area contributed by atoms with Gasteiger partial charge in [0, 0.05) is 26.7 Å². The van der Waals surface area contributed by atoms with Gasteiger partial charge >= 0.3 is 0 Å². The first-order valence-corrected chi connectivity index (χ1v) is 9.55. The molecular formula is C20H33IN4O2. The number of ether oxygens (including phenoxy) is 1. The molecule has 0 unspecified atom stereocenters. The summed E-state index contributed by atoms with van der Waals surface area (Å²) < 4.78 is 5.55. The van der Waals surface area contributed by atoms with Crippen molar-refractivity contribution in [3.8, 4) is 5.75 Å². The first-order chi connectivity index (χ1) is 12.6. The van der Waals surface area contributed by atoms with E-state index in [1.165, 1.54) is 31.2 Å². The summed E-state index contributed by atoms with van der Waals surface area (Å²) in [5.74, 6) is 1.63. The number of amides is 1. The van der Waals surface area contributed by atoms with Crippen molar-refractivity contribution in [1.82, 2.24) is 15.5 Å². The van der Waals surface area contributed by atoms with Gasteiger partial charge in [-0.2, -0.15) is 0 Å². The summed E-state index contributed by atoms with van der Waals surface area (Å²) in [6.07, 6.45) is 5.71. The Morgan fingerprint density at radius 3 is 2.70 bits per heavy atom. The summed E-state index contributed by atoms with van der Waals surface area (Å²) in [6.45, 7) is 3.57. The van der Waals surface area contributed by atoms with Crippen LogP contribution in [0, 0.1) is 0 Å². The van der Waals surface area contributed by atoms with E-state index in [1.807, 2.05) is 19.1 Å². The number of hydrogen-bond donors (Lipinski definition) is 2. The maximum atomic E-state index is 11.8. The second-order valence-electron chi connectivity index (χ2n) is 6.84. The van der Waals surface area contributed by atoms with Crippen LogP contribution in [-0.2, 0) is 11.2 Å². The van der Waals surface area contributed by atoms with E-state index < -0.39 is 0 Å². The molecule has 7 heteroatoms. The third-order valence-electron chi connectivity index (χ3n) is 4.48. The van der Waals surface area contributed by atoms with E-state index in [0.717, 1.165) is 24.7 Å². The molecule has 0 saturated heterocycles. The Labute approximate surface area is 180 Å². The van der Waals surface area contributed by atoms with Gasteiger partial charge in [-0.3, -0.25) is 4.79 Å². The van der Waals surface area contributed by atoms with E-state index in [1.54, 1.807) is 19.0 Å². The molecule has 0 spiro atoms. The predicted octanol–water partition coefficient (Wildman–Crippen LogP) is 2.81. The zero-order valence-electron chi connectivity index (χ0n) is 16.7. The highest BCUT2D eigenvalue weighted by Crippen LogP contribution is 2.17. The minimum absolute atomic E-state index is 0. The van der Waals surface area contributed by atoms with E-state index in [2.05, 4.69) is 27.8 Å². The van der Waals surface area contributed by atoms with Crippen LogP contribution in [0.1, 0.15) is 38.2 Å². The molecule has 1 aliphatic rings. The van der Waals surface area contributed by atoms with Gasteiger partial charge in [0.05, 0.1) is 6.61 Å². The van der Waals surface area contributed by atoms with Crippen LogP contribution in [0.5, 0.6) is 5.75 Å². The smallest absolute Gasteiger partial charge is 0.243 e. The van der Waals surface area contributed by atoms with Gasteiger partial charge in [-0.1, -0.05) is 25.0 Å². The van der Waals surface area contributed by atoms with E-state index in [9.17, 15) is 4.79 Å². The second-order valence-corrected chi connectivity index (χ2v) is 6.84. The standard InChI is InChI=1S/C20H32N4O2.HI/c1-4-26-18-11-7-8-16(14-18)12-13-21-20(22-15-19(25)24(2)3)23-17-9-5-6-10-17;/h7-8,11,14,17H,4-6,9-10,12-13,15H2,1-3H3,(H2,21,22,23);1H. The Balaban J connectivity index is 0.00000364. The van der Waals surface area contributed by atoms with Crippen LogP contribution in [0.2, 0.25) is 0 Å². The second kappa shape index (κ2) is 12.8. The third-order valence-corrected chi connectivity index (χ3v) is 4.48. The lowest BCUT2D eigenvalue weighted by Crippen LogP contribution is -2.43. The lowest BCUT2D eigenvalue weighted by molar-refractivity contribution is -0.127. The molecule has 1 fully saturated rings. The van der Waals surface area contributed by atoms with Crippen LogP contribution >= 0.6 is 24.0 Å². The van der Waals surface area contributed by atoms with Crippen LogP contribution in [0.25, 0.3) is 0 Å². The van der Waals surface area contributed by atoms with Crippen molar-refractivity contribution in [2.24, 2.45) is 4.99 Å². The highest BCUT2D eigenvalue weighted by Gasteiger charge is 2.16. The van der Waals surface area contributed by atoms with Gasteiger partial charge in [0.1, 0.15) is 12.3 Å². The number of aliphatic imine (C=N–C) groups is 1. The molecule has 2 N–H and O–H groups in total. The average Bonchev–Trinajstić information content (AvgIpc) is 3.13. The minimum atomic E-state index is 0. The quantitative estimate of drug-likeness (QED) is 0.336. The van der Waals surface area contributed by atoms with Gasteiger partial charge < -0.3 is 20.3 Å². The summed E-state index contributed by atoms with van der Waals surface area (Å²) in [7, 11) is 3.50. The van der Waals surface area contributed by atoms with E-state index in [4.69, 9.17) is 4.74 Å². The fourth-order valence-electron chi connectivity index (χ4n) is 2.99. The molecule has 1 aliphatic carbocycles. The molecule has 0 aliphatic heterocycles. The highest BCUT2D eigenvalue weighted by molar-refractivity contribution is 14.0. The van der Waals surface area contributed by atoms with E-state index in [-0.39, 0.29) is 36.4 Å². The van der Waals surface area contributed by atoms with Crippen molar-refractivity contribution in [1.29, 1.82) is 0 Å². The predicted molar refractivity (Wildman–Crippen MR) is 121 cm³/mol. The van der Waals surface area contributed by atoms with Crippen LogP contribution in [-0.4, -0.2) is 56.6 Å². The van der Waals surface area contributed by atoms with Gasteiger partial charge in [0.25, 0.3) is 0 Å². The SMILES string of the molecule is CCOc1cccc(CCNC(=NCC(=O)N(C)C)NC2CCCC2)c1.I. The molecule has 1 saturated carbocycles. The molecule has 1 aromatic carbocycles. The highest BCUT2D eigenvalue weighted by atomic mass is 127. The Hall–Kier alpha value is -1.51. The monoisotopic (exact) mass is 488 g/mol. The van der Waals surface area contributed by atoms with Crippen LogP contribution < -0.4 is 15.4 Å². The maximum absolute atomic E-state index is 11.8. The molecule has 6 nitrogen and oxygen atoms in total. The Morgan fingerprint density at radius 1 is 1.30 bits per heavy atom. The Bertz CT molecular complexity index is 601. The summed E-state index contributed by atoms with van der Waals surface area (Å²) in [5, 5.41) is 6.84. The number of hydrogen-bond acceptors (Lipinski definition) is 3. The molecular weight excluding hydrogens is 455 g/mol. The first-order valence-electron chi connectivity index (χ1n) is 9.55.